The van der Waals surface area contributed by atoms with Gasteiger partial charge in [0.05, 0.1) is 35.6 Å². The Morgan fingerprint density at radius 3 is 0.757 bits per heavy atom. The molecule has 8 aromatic rings. The third kappa shape index (κ3) is 33.4. The van der Waals surface area contributed by atoms with E-state index >= 15 is 0 Å². The summed E-state index contributed by atoms with van der Waals surface area (Å²) < 4.78 is 15.9. The third-order valence-corrected chi connectivity index (χ3v) is 21.3. The summed E-state index contributed by atoms with van der Waals surface area (Å²) in [5, 5.41) is 40.4. The zero-order valence-corrected chi connectivity index (χ0v) is 67.8. The molecular formula is C91H99N5O7Si4. The minimum Gasteiger partial charge on any atom is -0.465 e. The van der Waals surface area contributed by atoms with Crippen molar-refractivity contribution in [2.45, 2.75) is 97.1 Å². The topological polar surface area (TPSA) is 203 Å². The molecule has 107 heavy (non-hydrogen) atoms. The van der Waals surface area contributed by atoms with Crippen LogP contribution in [0.2, 0.25) is 90.7 Å². The van der Waals surface area contributed by atoms with Crippen molar-refractivity contribution >= 4 is 78.4 Å². The number of carbonyl (C=O) groups is 4. The summed E-state index contributed by atoms with van der Waals surface area (Å²) in [7, 11) is -5.37. The van der Waals surface area contributed by atoms with Crippen LogP contribution in [-0.2, 0) is 33.4 Å². The summed E-state index contributed by atoms with van der Waals surface area (Å²) >= 11 is 0. The Morgan fingerprint density at radius 2 is 0.533 bits per heavy atom. The van der Waals surface area contributed by atoms with E-state index in [-0.39, 0.29) is 28.2 Å². The van der Waals surface area contributed by atoms with Crippen molar-refractivity contribution < 1.29 is 33.4 Å². The Labute approximate surface area is 639 Å². The minimum atomic E-state index is -1.52. The number of benzene rings is 8. The Balaban J connectivity index is 0.000000256. The largest absolute Gasteiger partial charge is 0.465 e. The van der Waals surface area contributed by atoms with Gasteiger partial charge in [-0.3, -0.25) is 4.79 Å². The first-order chi connectivity index (χ1) is 51.1. The summed E-state index contributed by atoms with van der Waals surface area (Å²) in [6, 6.07) is 89.1. The van der Waals surface area contributed by atoms with Crippen LogP contribution < -0.4 is 5.32 Å². The summed E-state index contributed by atoms with van der Waals surface area (Å²) in [5.41, 5.74) is 12.1. The zero-order valence-electron chi connectivity index (χ0n) is 63.8. The maximum atomic E-state index is 12.3. The molecule has 0 unspecified atom stereocenters. The van der Waals surface area contributed by atoms with Gasteiger partial charge in [-0.05, 0) is 104 Å². The molecule has 1 N–H and O–H groups in total. The fraction of sp³-hybridized carbons (Fsp3) is 0.209. The lowest BCUT2D eigenvalue weighted by molar-refractivity contribution is -0.139. The first kappa shape index (κ1) is 86.0. The number of carbonyl (C=O) groups excluding carboxylic acids is 4. The molecule has 0 aliphatic carbocycles. The Kier molecular flexibility index (Phi) is 36.1. The smallest absolute Gasteiger partial charge is 0.348 e. The summed E-state index contributed by atoms with van der Waals surface area (Å²) in [6.07, 6.45) is 15.4. The van der Waals surface area contributed by atoms with E-state index in [1.165, 1.54) is 0 Å². The SMILES string of the molecule is C[Si](C)(C)CCCOC(=O)/C(C#N)=C\C=C(c1ccccc1)c1ccccc1.C[Si](C)(C)CCOC(=O)/C(C#N)=C\C=C(c1ccccc1)c1ccccc1.C[Si](C)(C)CNC(=O)/C(C#N)=C\C=C(c1ccccc1)c1ccccc1.C[Si](C)(C)COC(=O)/C(C#N)=C\C=C(c1ccccc1)c1ccccc1. The molecule has 0 saturated carbocycles. The number of ether oxygens (including phenoxy) is 3. The lowest BCUT2D eigenvalue weighted by Crippen LogP contribution is -2.40. The number of rotatable bonds is 27. The second-order valence-corrected chi connectivity index (χ2v) is 51.8. The molecule has 0 spiro atoms. The van der Waals surface area contributed by atoms with Crippen LogP contribution >= 0.6 is 0 Å². The van der Waals surface area contributed by atoms with Gasteiger partial charge in [0.2, 0.25) is 0 Å². The number of allylic oxidation sites excluding steroid dienone is 8. The molecule has 0 aliphatic heterocycles. The molecule has 0 atom stereocenters. The highest BCUT2D eigenvalue weighted by molar-refractivity contribution is 6.77. The van der Waals surface area contributed by atoms with Crippen LogP contribution in [0.25, 0.3) is 22.3 Å². The number of hydrogen-bond donors (Lipinski definition) is 1. The van der Waals surface area contributed by atoms with Gasteiger partial charge in [0.25, 0.3) is 5.91 Å². The number of hydrogen-bond acceptors (Lipinski definition) is 11. The van der Waals surface area contributed by atoms with Crippen molar-refractivity contribution in [2.24, 2.45) is 0 Å². The van der Waals surface area contributed by atoms with Crippen molar-refractivity contribution in [3.8, 4) is 24.3 Å². The fourth-order valence-electron chi connectivity index (χ4n) is 9.83. The molecule has 0 heterocycles. The summed E-state index contributed by atoms with van der Waals surface area (Å²) in [5.74, 6) is -2.00. The maximum absolute atomic E-state index is 12.3. The summed E-state index contributed by atoms with van der Waals surface area (Å²) in [4.78, 5) is 49.0. The highest BCUT2D eigenvalue weighted by Crippen LogP contribution is 2.28. The van der Waals surface area contributed by atoms with Crippen LogP contribution in [0.3, 0.4) is 0 Å². The molecule has 0 saturated heterocycles. The summed E-state index contributed by atoms with van der Waals surface area (Å²) in [6.45, 7) is 27.1. The third-order valence-electron chi connectivity index (χ3n) is 15.5. The lowest BCUT2D eigenvalue weighted by Gasteiger charge is -2.16. The molecular weight excluding hydrogens is 1390 g/mol. The predicted octanol–water partition coefficient (Wildman–Crippen LogP) is 20.8. The monoisotopic (exact) mass is 1490 g/mol. The van der Waals surface area contributed by atoms with E-state index in [9.17, 15) is 40.2 Å². The number of nitrogens with zero attached hydrogens (tertiary/aromatic N) is 4. The lowest BCUT2D eigenvalue weighted by atomic mass is 9.97. The number of esters is 3. The van der Waals surface area contributed by atoms with Gasteiger partial charge >= 0.3 is 17.9 Å². The molecule has 16 heteroatoms. The van der Waals surface area contributed by atoms with Crippen LogP contribution in [0, 0.1) is 45.3 Å². The van der Waals surface area contributed by atoms with Crippen molar-refractivity contribution in [1.29, 1.82) is 21.0 Å². The quantitative estimate of drug-likeness (QED) is 0.00976. The standard InChI is InChI=1S/C24H27NO2Si.C23H25NO2Si.C22H24N2OSi.C22H23NO2Si/c1-28(2,3)18-10-17-27-24(26)22(19-25)15-16-23(20-11-6-4-7-12-20)21-13-8-5-9-14-21;1-27(2,3)17-16-26-23(25)21(18-24)14-15-22(19-10-6-4-7-11-19)20-12-8-5-9-13-20;1-26(2,3)17-24-22(25)20(16-23)14-15-21(18-10-6-4-7-11-18)19-12-8-5-9-13-19;1-26(2,3)17-25-22(24)20(16-23)14-15-21(18-10-6-4-7-11-18)19-12-8-5-9-13-19/h4-9,11-16H,10,17-18H2,1-3H3;4-15H,16-17H2,1-3H3;4-15H,17H2,1-3H3,(H,24,25);4-15H,17H2,1-3H3/b22-15-;21-14-;2*20-14-. The van der Waals surface area contributed by atoms with Crippen molar-refractivity contribution in [1.82, 2.24) is 5.32 Å². The molecule has 1 amide bonds. The second-order valence-electron chi connectivity index (χ2n) is 29.6. The van der Waals surface area contributed by atoms with Crippen molar-refractivity contribution in [3.05, 3.63) is 358 Å². The van der Waals surface area contributed by atoms with Gasteiger partial charge in [-0.1, -0.05) is 352 Å². The average molecular weight is 1490 g/mol. The molecule has 12 nitrogen and oxygen atoms in total. The first-order valence-electron chi connectivity index (χ1n) is 35.6. The minimum absolute atomic E-state index is 0.00705. The average Bonchev–Trinajstić information content (AvgIpc) is 0.865. The van der Waals surface area contributed by atoms with Crippen LogP contribution in [0.4, 0.5) is 0 Å². The van der Waals surface area contributed by atoms with Crippen LogP contribution in [0.15, 0.2) is 314 Å². The van der Waals surface area contributed by atoms with Crippen LogP contribution in [-0.4, -0.2) is 81.7 Å². The molecule has 0 bridgehead atoms. The number of nitrogens with one attached hydrogen (secondary N) is 1. The van der Waals surface area contributed by atoms with E-state index in [4.69, 9.17) is 14.2 Å². The van der Waals surface area contributed by atoms with Gasteiger partial charge in [-0.25, -0.2) is 14.4 Å². The number of nitriles is 4. The van der Waals surface area contributed by atoms with E-state index in [0.717, 1.165) is 85.3 Å². The van der Waals surface area contributed by atoms with Gasteiger partial charge in [0.15, 0.2) is 0 Å². The van der Waals surface area contributed by atoms with Crippen LogP contribution in [0.5, 0.6) is 0 Å². The van der Waals surface area contributed by atoms with Gasteiger partial charge in [0, 0.05) is 22.3 Å². The molecule has 546 valence electrons. The molecule has 0 aromatic heterocycles. The van der Waals surface area contributed by atoms with E-state index in [0.29, 0.717) is 25.6 Å². The van der Waals surface area contributed by atoms with Crippen molar-refractivity contribution in [2.75, 3.05) is 25.6 Å². The van der Waals surface area contributed by atoms with Crippen LogP contribution in [0.1, 0.15) is 50.9 Å². The normalized spacial score (nSPS) is 11.4. The van der Waals surface area contributed by atoms with Gasteiger partial charge in [-0.2, -0.15) is 21.0 Å². The van der Waals surface area contributed by atoms with E-state index in [1.807, 2.05) is 285 Å². The molecule has 0 fully saturated rings. The first-order valence-corrected chi connectivity index (χ1v) is 50.5. The van der Waals surface area contributed by atoms with E-state index < -0.39 is 50.2 Å². The maximum Gasteiger partial charge on any atom is 0.348 e. The highest BCUT2D eigenvalue weighted by Gasteiger charge is 2.21. The Bertz CT molecular complexity index is 4290. The second kappa shape index (κ2) is 44.9. The van der Waals surface area contributed by atoms with Crippen molar-refractivity contribution in [3.63, 3.8) is 0 Å². The van der Waals surface area contributed by atoms with E-state index in [2.05, 4.69) is 83.9 Å². The Morgan fingerprint density at radius 1 is 0.299 bits per heavy atom. The number of amides is 1. The molecule has 8 rings (SSSR count). The van der Waals surface area contributed by atoms with Gasteiger partial charge < -0.3 is 19.5 Å². The molecule has 0 aliphatic rings. The molecule has 8 aromatic carbocycles. The highest BCUT2D eigenvalue weighted by atomic mass is 28.3. The predicted molar refractivity (Wildman–Crippen MR) is 448 cm³/mol. The molecule has 0 radical (unpaired) electrons. The zero-order chi connectivity index (χ0) is 78.1. The van der Waals surface area contributed by atoms with E-state index in [1.54, 1.807) is 30.4 Å². The Hall–Kier alpha value is -11.6. The van der Waals surface area contributed by atoms with Gasteiger partial charge in [-0.15, -0.1) is 0 Å². The van der Waals surface area contributed by atoms with Gasteiger partial charge in [0.1, 0.15) is 46.6 Å². The fourth-order valence-corrected chi connectivity index (χ4v) is 13.0.